The van der Waals surface area contributed by atoms with Gasteiger partial charge in [0.25, 0.3) is 0 Å². The summed E-state index contributed by atoms with van der Waals surface area (Å²) in [5.74, 6) is -0.265. The predicted octanol–water partition coefficient (Wildman–Crippen LogP) is 4.45. The fraction of sp³-hybridized carbons (Fsp3) is 0.188. The fourth-order valence-electron chi connectivity index (χ4n) is 1.82. The molecule has 1 amide bonds. The van der Waals surface area contributed by atoms with Crippen molar-refractivity contribution in [2.45, 2.75) is 17.9 Å². The molecule has 0 aromatic heterocycles. The lowest BCUT2D eigenvalue weighted by Crippen LogP contribution is -2.28. The SMILES string of the molecule is CC(NC(=O)CSc1ccc(F)c(Cl)c1)c1ccccc1. The fourth-order valence-corrected chi connectivity index (χ4v) is 2.82. The molecule has 0 spiro atoms. The largest absolute Gasteiger partial charge is 0.349 e. The predicted molar refractivity (Wildman–Crippen MR) is 85.1 cm³/mol. The average molecular weight is 324 g/mol. The minimum Gasteiger partial charge on any atom is -0.349 e. The van der Waals surface area contributed by atoms with Crippen LogP contribution in [0.1, 0.15) is 18.5 Å². The van der Waals surface area contributed by atoms with E-state index in [-0.39, 0.29) is 22.7 Å². The van der Waals surface area contributed by atoms with Gasteiger partial charge >= 0.3 is 0 Å². The first kappa shape index (κ1) is 15.9. The highest BCUT2D eigenvalue weighted by Gasteiger charge is 2.10. The molecule has 0 aliphatic carbocycles. The lowest BCUT2D eigenvalue weighted by atomic mass is 10.1. The van der Waals surface area contributed by atoms with Crippen LogP contribution >= 0.6 is 23.4 Å². The van der Waals surface area contributed by atoms with Crippen LogP contribution in [0, 0.1) is 5.82 Å². The van der Waals surface area contributed by atoms with E-state index in [0.29, 0.717) is 0 Å². The van der Waals surface area contributed by atoms with Crippen LogP contribution in [0.15, 0.2) is 53.4 Å². The van der Waals surface area contributed by atoms with Gasteiger partial charge in [0.05, 0.1) is 16.8 Å². The molecule has 0 saturated heterocycles. The van der Waals surface area contributed by atoms with Crippen molar-refractivity contribution in [2.75, 3.05) is 5.75 Å². The van der Waals surface area contributed by atoms with Crippen LogP contribution in [0.2, 0.25) is 5.02 Å². The topological polar surface area (TPSA) is 29.1 Å². The van der Waals surface area contributed by atoms with Crippen molar-refractivity contribution in [3.8, 4) is 0 Å². The van der Waals surface area contributed by atoms with Crippen molar-refractivity contribution >= 4 is 29.3 Å². The summed E-state index contributed by atoms with van der Waals surface area (Å²) in [5, 5.41) is 2.99. The summed E-state index contributed by atoms with van der Waals surface area (Å²) < 4.78 is 13.0. The Balaban J connectivity index is 1.86. The molecule has 1 unspecified atom stereocenters. The molecule has 21 heavy (non-hydrogen) atoms. The molecular formula is C16H15ClFNOS. The van der Waals surface area contributed by atoms with E-state index in [1.54, 1.807) is 6.07 Å². The molecule has 110 valence electrons. The zero-order valence-electron chi connectivity index (χ0n) is 11.5. The smallest absolute Gasteiger partial charge is 0.230 e. The Labute approximate surface area is 132 Å². The average Bonchev–Trinajstić information content (AvgIpc) is 2.49. The number of benzene rings is 2. The number of thioether (sulfide) groups is 1. The highest BCUT2D eigenvalue weighted by atomic mass is 35.5. The Kier molecular flexibility index (Phi) is 5.65. The van der Waals surface area contributed by atoms with Gasteiger partial charge in [-0.15, -0.1) is 11.8 Å². The second-order valence-electron chi connectivity index (χ2n) is 4.56. The molecular weight excluding hydrogens is 309 g/mol. The Hall–Kier alpha value is -1.52. The molecule has 2 rings (SSSR count). The zero-order chi connectivity index (χ0) is 15.2. The molecule has 2 nitrogen and oxygen atoms in total. The van der Waals surface area contributed by atoms with Gasteiger partial charge in [0.1, 0.15) is 5.82 Å². The third kappa shape index (κ3) is 4.76. The highest BCUT2D eigenvalue weighted by molar-refractivity contribution is 8.00. The Morgan fingerprint density at radius 1 is 1.29 bits per heavy atom. The molecule has 0 saturated carbocycles. The van der Waals surface area contributed by atoms with Gasteiger partial charge in [0.2, 0.25) is 5.91 Å². The first-order valence-corrected chi connectivity index (χ1v) is 7.85. The minimum absolute atomic E-state index is 0.0453. The van der Waals surface area contributed by atoms with Crippen LogP contribution in [-0.4, -0.2) is 11.7 Å². The van der Waals surface area contributed by atoms with Crippen molar-refractivity contribution in [1.82, 2.24) is 5.32 Å². The van der Waals surface area contributed by atoms with Crippen molar-refractivity contribution < 1.29 is 9.18 Å². The maximum Gasteiger partial charge on any atom is 0.230 e. The number of carbonyl (C=O) groups excluding carboxylic acids is 1. The van der Waals surface area contributed by atoms with E-state index in [0.717, 1.165) is 10.5 Å². The number of rotatable bonds is 5. The van der Waals surface area contributed by atoms with Crippen molar-refractivity contribution in [1.29, 1.82) is 0 Å². The summed E-state index contributed by atoms with van der Waals surface area (Å²) in [6.45, 7) is 1.94. The number of amides is 1. The first-order chi connectivity index (χ1) is 10.1. The monoisotopic (exact) mass is 323 g/mol. The number of hydrogen-bond donors (Lipinski definition) is 1. The van der Waals surface area contributed by atoms with E-state index >= 15 is 0 Å². The molecule has 0 heterocycles. The highest BCUT2D eigenvalue weighted by Crippen LogP contribution is 2.24. The van der Waals surface area contributed by atoms with E-state index in [4.69, 9.17) is 11.6 Å². The zero-order valence-corrected chi connectivity index (χ0v) is 13.0. The van der Waals surface area contributed by atoms with E-state index in [1.165, 1.54) is 23.9 Å². The van der Waals surface area contributed by atoms with Crippen molar-refractivity contribution in [3.63, 3.8) is 0 Å². The molecule has 0 fully saturated rings. The van der Waals surface area contributed by atoms with Crippen LogP contribution in [0.4, 0.5) is 4.39 Å². The maximum absolute atomic E-state index is 13.0. The summed E-state index contributed by atoms with van der Waals surface area (Å²) in [4.78, 5) is 12.7. The molecule has 1 atom stereocenters. The van der Waals surface area contributed by atoms with Crippen molar-refractivity contribution in [3.05, 3.63) is 64.9 Å². The second kappa shape index (κ2) is 7.48. The van der Waals surface area contributed by atoms with Gasteiger partial charge in [-0.1, -0.05) is 41.9 Å². The summed E-state index contributed by atoms with van der Waals surface area (Å²) in [6.07, 6.45) is 0. The van der Waals surface area contributed by atoms with Crippen LogP contribution in [0.25, 0.3) is 0 Å². The van der Waals surface area contributed by atoms with Gasteiger partial charge in [-0.3, -0.25) is 4.79 Å². The first-order valence-electron chi connectivity index (χ1n) is 6.48. The summed E-state index contributed by atoms with van der Waals surface area (Å²) >= 11 is 7.03. The van der Waals surface area contributed by atoms with Crippen LogP contribution in [0.5, 0.6) is 0 Å². The van der Waals surface area contributed by atoms with Gasteiger partial charge in [0.15, 0.2) is 0 Å². The van der Waals surface area contributed by atoms with Crippen LogP contribution < -0.4 is 5.32 Å². The molecule has 1 N–H and O–H groups in total. The number of carbonyl (C=O) groups is 1. The molecule has 0 bridgehead atoms. The van der Waals surface area contributed by atoms with Gasteiger partial charge < -0.3 is 5.32 Å². The van der Waals surface area contributed by atoms with E-state index < -0.39 is 5.82 Å². The van der Waals surface area contributed by atoms with Gasteiger partial charge in [0, 0.05) is 4.90 Å². The van der Waals surface area contributed by atoms with E-state index in [1.807, 2.05) is 37.3 Å². The van der Waals surface area contributed by atoms with Crippen LogP contribution in [0.3, 0.4) is 0 Å². The summed E-state index contributed by atoms with van der Waals surface area (Å²) in [6, 6.07) is 14.1. The number of halogens is 2. The molecule has 0 aliphatic rings. The molecule has 0 aliphatic heterocycles. The second-order valence-corrected chi connectivity index (χ2v) is 6.02. The number of nitrogens with one attached hydrogen (secondary N) is 1. The van der Waals surface area contributed by atoms with Gasteiger partial charge in [-0.25, -0.2) is 4.39 Å². The quantitative estimate of drug-likeness (QED) is 0.824. The lowest BCUT2D eigenvalue weighted by Gasteiger charge is -2.14. The lowest BCUT2D eigenvalue weighted by molar-refractivity contribution is -0.119. The Morgan fingerprint density at radius 2 is 2.00 bits per heavy atom. The van der Waals surface area contributed by atoms with E-state index in [2.05, 4.69) is 5.32 Å². The third-order valence-electron chi connectivity index (χ3n) is 2.94. The summed E-state index contributed by atoms with van der Waals surface area (Å²) in [5.41, 5.74) is 1.06. The third-order valence-corrected chi connectivity index (χ3v) is 4.22. The van der Waals surface area contributed by atoms with Crippen molar-refractivity contribution in [2.24, 2.45) is 0 Å². The van der Waals surface area contributed by atoms with Gasteiger partial charge in [-0.2, -0.15) is 0 Å². The normalized spacial score (nSPS) is 12.0. The Morgan fingerprint density at radius 3 is 2.67 bits per heavy atom. The minimum atomic E-state index is -0.455. The maximum atomic E-state index is 13.0. The Bertz CT molecular complexity index is 621. The van der Waals surface area contributed by atoms with Crippen LogP contribution in [-0.2, 0) is 4.79 Å². The standard InChI is InChI=1S/C16H15ClFNOS/c1-11(12-5-3-2-4-6-12)19-16(20)10-21-13-7-8-15(18)14(17)9-13/h2-9,11H,10H2,1H3,(H,19,20). The van der Waals surface area contributed by atoms with E-state index in [9.17, 15) is 9.18 Å². The molecule has 5 heteroatoms. The van der Waals surface area contributed by atoms with Gasteiger partial charge in [-0.05, 0) is 30.7 Å². The summed E-state index contributed by atoms with van der Waals surface area (Å²) in [7, 11) is 0. The molecule has 0 radical (unpaired) electrons. The number of hydrogen-bond acceptors (Lipinski definition) is 2. The molecule has 2 aromatic rings. The molecule has 2 aromatic carbocycles.